The second-order valence-corrected chi connectivity index (χ2v) is 4.89. The van der Waals surface area contributed by atoms with Gasteiger partial charge in [0.25, 0.3) is 0 Å². The van der Waals surface area contributed by atoms with Gasteiger partial charge in [0, 0.05) is 0 Å². The number of nitrogens with one attached hydrogen (secondary N) is 1. The van der Waals surface area contributed by atoms with Crippen molar-refractivity contribution in [2.24, 2.45) is 0 Å². The lowest BCUT2D eigenvalue weighted by Gasteiger charge is -1.96. The van der Waals surface area contributed by atoms with E-state index in [1.54, 1.807) is 13.0 Å². The van der Waals surface area contributed by atoms with Gasteiger partial charge in [-0.2, -0.15) is 0 Å². The highest BCUT2D eigenvalue weighted by Crippen LogP contribution is 2.26. The molecule has 2 heterocycles. The van der Waals surface area contributed by atoms with Gasteiger partial charge in [-0.25, -0.2) is 9.78 Å². The van der Waals surface area contributed by atoms with E-state index in [-0.39, 0.29) is 5.97 Å². The first-order valence-electron chi connectivity index (χ1n) is 4.03. The van der Waals surface area contributed by atoms with Gasteiger partial charge in [0.05, 0.1) is 11.3 Å². The first-order chi connectivity index (χ1) is 6.70. The molecule has 6 heteroatoms. The maximum absolute atomic E-state index is 11.3. The molecule has 2 aromatic heterocycles. The lowest BCUT2D eigenvalue weighted by Crippen LogP contribution is -2.04. The summed E-state index contributed by atoms with van der Waals surface area (Å²) >= 11 is 4.74. The Kier molecular flexibility index (Phi) is 2.56. The van der Waals surface area contributed by atoms with E-state index in [0.29, 0.717) is 17.9 Å². The van der Waals surface area contributed by atoms with Crippen LogP contribution in [0.2, 0.25) is 0 Å². The number of hydrogen-bond donors (Lipinski definition) is 1. The molecule has 0 amide bonds. The molecule has 0 fully saturated rings. The molecule has 0 saturated heterocycles. The van der Waals surface area contributed by atoms with E-state index < -0.39 is 0 Å². The fraction of sp³-hybridized carbons (Fsp3) is 0.250. The number of thiazole rings is 1. The molecule has 1 N–H and O–H groups in total. The molecule has 2 rings (SSSR count). The number of nitrogens with zero attached hydrogens (tertiary/aromatic N) is 1. The van der Waals surface area contributed by atoms with Crippen LogP contribution >= 0.6 is 27.3 Å². The summed E-state index contributed by atoms with van der Waals surface area (Å²) in [5.41, 5.74) is 1.16. The highest BCUT2D eigenvalue weighted by molar-refractivity contribution is 9.11. The van der Waals surface area contributed by atoms with Crippen molar-refractivity contribution in [2.75, 3.05) is 6.61 Å². The molecular weight excluding hydrogens is 268 g/mol. The molecule has 0 atom stereocenters. The first kappa shape index (κ1) is 9.67. The highest BCUT2D eigenvalue weighted by Gasteiger charge is 2.12. The molecule has 0 bridgehead atoms. The predicted molar refractivity (Wildman–Crippen MR) is 57.6 cm³/mol. The van der Waals surface area contributed by atoms with E-state index in [4.69, 9.17) is 4.74 Å². The smallest absolute Gasteiger partial charge is 0.354 e. The minimum atomic E-state index is -0.339. The van der Waals surface area contributed by atoms with Crippen LogP contribution in [-0.4, -0.2) is 22.5 Å². The standard InChI is InChI=1S/C8H7BrN2O2S/c1-2-13-7(12)4-3-5-6(10-4)11-8(9)14-5/h3,10H,2H2,1H3. The van der Waals surface area contributed by atoms with Gasteiger partial charge in [0.2, 0.25) is 0 Å². The molecule has 0 saturated carbocycles. The minimum absolute atomic E-state index is 0.339. The van der Waals surface area contributed by atoms with Crippen molar-refractivity contribution in [3.05, 3.63) is 15.7 Å². The molecule has 14 heavy (non-hydrogen) atoms. The molecule has 74 valence electrons. The number of carbonyl (C=O) groups excluding carboxylic acids is 1. The van der Waals surface area contributed by atoms with Gasteiger partial charge in [-0.3, -0.25) is 0 Å². The fourth-order valence-electron chi connectivity index (χ4n) is 1.11. The third kappa shape index (κ3) is 1.67. The highest BCUT2D eigenvalue weighted by atomic mass is 79.9. The lowest BCUT2D eigenvalue weighted by atomic mass is 10.4. The van der Waals surface area contributed by atoms with Crippen LogP contribution in [0.3, 0.4) is 0 Å². The third-order valence-electron chi connectivity index (χ3n) is 1.65. The minimum Gasteiger partial charge on any atom is -0.461 e. The number of hydrogen-bond acceptors (Lipinski definition) is 4. The van der Waals surface area contributed by atoms with E-state index >= 15 is 0 Å². The van der Waals surface area contributed by atoms with Crippen LogP contribution in [0.1, 0.15) is 17.4 Å². The maximum atomic E-state index is 11.3. The normalized spacial score (nSPS) is 10.7. The van der Waals surface area contributed by atoms with Gasteiger partial charge in [-0.05, 0) is 28.9 Å². The van der Waals surface area contributed by atoms with Crippen LogP contribution in [0.25, 0.3) is 10.3 Å². The molecule has 0 aliphatic carbocycles. The van der Waals surface area contributed by atoms with Crippen LogP contribution in [0.5, 0.6) is 0 Å². The van der Waals surface area contributed by atoms with Crippen molar-refractivity contribution in [3.8, 4) is 0 Å². The third-order valence-corrected chi connectivity index (χ3v) is 3.10. The van der Waals surface area contributed by atoms with Crippen molar-refractivity contribution in [2.45, 2.75) is 6.92 Å². The number of fused-ring (bicyclic) bond motifs is 1. The molecule has 0 aromatic carbocycles. The number of ether oxygens (including phenoxy) is 1. The first-order valence-corrected chi connectivity index (χ1v) is 5.64. The average Bonchev–Trinajstić information content (AvgIpc) is 2.61. The number of carbonyl (C=O) groups is 1. The second-order valence-electron chi connectivity index (χ2n) is 2.58. The summed E-state index contributed by atoms with van der Waals surface area (Å²) in [6.07, 6.45) is 0. The summed E-state index contributed by atoms with van der Waals surface area (Å²) in [5, 5.41) is 0. The Bertz CT molecular complexity index is 445. The number of esters is 1. The Morgan fingerprint density at radius 3 is 3.21 bits per heavy atom. The Morgan fingerprint density at radius 2 is 2.57 bits per heavy atom. The molecule has 4 nitrogen and oxygen atoms in total. The average molecular weight is 275 g/mol. The van der Waals surface area contributed by atoms with Crippen molar-refractivity contribution >= 4 is 43.6 Å². The summed E-state index contributed by atoms with van der Waals surface area (Å²) < 4.78 is 6.60. The van der Waals surface area contributed by atoms with E-state index in [1.165, 1.54) is 11.3 Å². The van der Waals surface area contributed by atoms with Gasteiger partial charge >= 0.3 is 5.97 Å². The summed E-state index contributed by atoms with van der Waals surface area (Å²) in [6, 6.07) is 1.75. The number of aromatic nitrogens is 2. The van der Waals surface area contributed by atoms with Gasteiger partial charge < -0.3 is 9.72 Å². The monoisotopic (exact) mass is 274 g/mol. The summed E-state index contributed by atoms with van der Waals surface area (Å²) in [6.45, 7) is 2.15. The topological polar surface area (TPSA) is 55.0 Å². The van der Waals surface area contributed by atoms with Crippen LogP contribution in [-0.2, 0) is 4.74 Å². The van der Waals surface area contributed by atoms with Crippen molar-refractivity contribution < 1.29 is 9.53 Å². The van der Waals surface area contributed by atoms with E-state index in [0.717, 1.165) is 8.62 Å². The number of H-pyrrole nitrogens is 1. The SMILES string of the molecule is CCOC(=O)c1cc2sc(Br)nc2[nH]1. The van der Waals surface area contributed by atoms with Crippen molar-refractivity contribution in [3.63, 3.8) is 0 Å². The lowest BCUT2D eigenvalue weighted by molar-refractivity contribution is 0.0520. The van der Waals surface area contributed by atoms with Crippen LogP contribution in [0, 0.1) is 0 Å². The molecule has 0 aliphatic heterocycles. The predicted octanol–water partition coefficient (Wildman–Crippen LogP) is 2.56. The van der Waals surface area contributed by atoms with Crippen LogP contribution in [0.15, 0.2) is 9.98 Å². The van der Waals surface area contributed by atoms with Crippen molar-refractivity contribution in [1.29, 1.82) is 0 Å². The van der Waals surface area contributed by atoms with Gasteiger partial charge in [0.1, 0.15) is 11.3 Å². The molecule has 2 aromatic rings. The Balaban J connectivity index is 2.36. The quantitative estimate of drug-likeness (QED) is 0.857. The molecular formula is C8H7BrN2O2S. The zero-order valence-electron chi connectivity index (χ0n) is 7.33. The number of aromatic amines is 1. The van der Waals surface area contributed by atoms with Gasteiger partial charge in [-0.15, -0.1) is 11.3 Å². The summed E-state index contributed by atoms with van der Waals surface area (Å²) in [7, 11) is 0. The van der Waals surface area contributed by atoms with Crippen LogP contribution < -0.4 is 0 Å². The fourth-order valence-corrected chi connectivity index (χ4v) is 2.49. The summed E-state index contributed by atoms with van der Waals surface area (Å²) in [4.78, 5) is 18.4. The summed E-state index contributed by atoms with van der Waals surface area (Å²) in [5.74, 6) is -0.339. The Labute approximate surface area is 92.4 Å². The zero-order valence-corrected chi connectivity index (χ0v) is 9.74. The van der Waals surface area contributed by atoms with Gasteiger partial charge in [0.15, 0.2) is 3.92 Å². The Morgan fingerprint density at radius 1 is 1.79 bits per heavy atom. The van der Waals surface area contributed by atoms with Crippen molar-refractivity contribution in [1.82, 2.24) is 9.97 Å². The van der Waals surface area contributed by atoms with Gasteiger partial charge in [-0.1, -0.05) is 0 Å². The zero-order chi connectivity index (χ0) is 10.1. The maximum Gasteiger partial charge on any atom is 0.354 e. The van der Waals surface area contributed by atoms with E-state index in [1.807, 2.05) is 0 Å². The molecule has 0 radical (unpaired) electrons. The Hall–Kier alpha value is -0.880. The van der Waals surface area contributed by atoms with E-state index in [9.17, 15) is 4.79 Å². The second kappa shape index (κ2) is 3.70. The molecule has 0 aliphatic rings. The van der Waals surface area contributed by atoms with Crippen LogP contribution in [0.4, 0.5) is 0 Å². The van der Waals surface area contributed by atoms with E-state index in [2.05, 4.69) is 25.9 Å². The number of halogens is 1. The molecule has 0 spiro atoms. The number of rotatable bonds is 2. The molecule has 0 unspecified atom stereocenters. The largest absolute Gasteiger partial charge is 0.461 e.